The number of morpholine rings is 1. The van der Waals surface area contributed by atoms with Gasteiger partial charge in [-0.3, -0.25) is 9.80 Å². The Morgan fingerprint density at radius 1 is 1.06 bits per heavy atom. The number of ether oxygens (including phenoxy) is 1. The summed E-state index contributed by atoms with van der Waals surface area (Å²) in [6.07, 6.45) is 4.24. The monoisotopic (exact) mass is 239 g/mol. The third kappa shape index (κ3) is 3.41. The minimum absolute atomic E-state index is 0.747. The van der Waals surface area contributed by atoms with Crippen molar-refractivity contribution in [2.75, 3.05) is 52.5 Å². The lowest BCUT2D eigenvalue weighted by atomic mass is 10.2. The molecule has 2 saturated heterocycles. The highest BCUT2D eigenvalue weighted by atomic mass is 16.5. The van der Waals surface area contributed by atoms with Gasteiger partial charge in [-0.2, -0.15) is 0 Å². The van der Waals surface area contributed by atoms with Crippen LogP contribution in [0.2, 0.25) is 0 Å². The molecule has 3 fully saturated rings. The van der Waals surface area contributed by atoms with E-state index in [1.165, 1.54) is 38.9 Å². The average molecular weight is 239 g/mol. The van der Waals surface area contributed by atoms with E-state index in [-0.39, 0.29) is 0 Å². The third-order valence-electron chi connectivity index (χ3n) is 4.25. The maximum absolute atomic E-state index is 5.36. The highest BCUT2D eigenvalue weighted by Gasteiger charge is 2.33. The van der Waals surface area contributed by atoms with Crippen LogP contribution in [0.5, 0.6) is 0 Å². The van der Waals surface area contributed by atoms with Crippen LogP contribution >= 0.6 is 0 Å². The Balaban J connectivity index is 1.29. The van der Waals surface area contributed by atoms with Crippen LogP contribution < -0.4 is 5.32 Å². The van der Waals surface area contributed by atoms with Crippen molar-refractivity contribution >= 4 is 0 Å². The Kier molecular flexibility index (Phi) is 3.96. The minimum Gasteiger partial charge on any atom is -0.379 e. The Hall–Kier alpha value is -0.160. The molecule has 0 aromatic carbocycles. The topological polar surface area (TPSA) is 27.7 Å². The summed E-state index contributed by atoms with van der Waals surface area (Å²) in [5.74, 6) is 0. The molecule has 98 valence electrons. The molecule has 1 atom stereocenters. The molecule has 2 aliphatic heterocycles. The standard InChI is InChI=1S/C13H25N3O/c1-2-13(1)16-5-3-12(11-16)14-4-6-15-7-9-17-10-8-15/h12-14H,1-11H2. The van der Waals surface area contributed by atoms with Crippen LogP contribution in [0.3, 0.4) is 0 Å². The summed E-state index contributed by atoms with van der Waals surface area (Å²) >= 11 is 0. The zero-order chi connectivity index (χ0) is 11.5. The summed E-state index contributed by atoms with van der Waals surface area (Å²) in [7, 11) is 0. The van der Waals surface area contributed by atoms with Crippen LogP contribution in [-0.2, 0) is 4.74 Å². The van der Waals surface area contributed by atoms with Crippen LogP contribution in [0.25, 0.3) is 0 Å². The third-order valence-corrected chi connectivity index (χ3v) is 4.25. The van der Waals surface area contributed by atoms with Crippen molar-refractivity contribution in [3.05, 3.63) is 0 Å². The number of likely N-dealkylation sites (tertiary alicyclic amines) is 1. The van der Waals surface area contributed by atoms with Gasteiger partial charge < -0.3 is 10.1 Å². The fourth-order valence-corrected chi connectivity index (χ4v) is 2.98. The Labute approximate surface area is 104 Å². The number of nitrogens with one attached hydrogen (secondary N) is 1. The predicted molar refractivity (Wildman–Crippen MR) is 68.3 cm³/mol. The van der Waals surface area contributed by atoms with Gasteiger partial charge in [-0.05, 0) is 19.3 Å². The summed E-state index contributed by atoms with van der Waals surface area (Å²) < 4.78 is 5.36. The first kappa shape index (κ1) is 11.9. The lowest BCUT2D eigenvalue weighted by Gasteiger charge is -2.27. The molecule has 0 aromatic rings. The van der Waals surface area contributed by atoms with Gasteiger partial charge in [-0.25, -0.2) is 0 Å². The second kappa shape index (κ2) is 5.65. The minimum atomic E-state index is 0.747. The molecule has 3 rings (SSSR count). The van der Waals surface area contributed by atoms with Gasteiger partial charge in [0.15, 0.2) is 0 Å². The molecule has 0 spiro atoms. The predicted octanol–water partition coefficient (Wildman–Crippen LogP) is 0.145. The SMILES string of the molecule is C(CN1CCOCC1)NC1CCN(C2CC2)C1. The van der Waals surface area contributed by atoms with Crippen LogP contribution in [0.1, 0.15) is 19.3 Å². The normalized spacial score (nSPS) is 32.1. The Morgan fingerprint density at radius 2 is 1.88 bits per heavy atom. The van der Waals surface area contributed by atoms with Crippen molar-refractivity contribution in [1.29, 1.82) is 0 Å². The molecular weight excluding hydrogens is 214 g/mol. The number of hydrogen-bond donors (Lipinski definition) is 1. The van der Waals surface area contributed by atoms with Crippen molar-refractivity contribution in [1.82, 2.24) is 15.1 Å². The summed E-state index contributed by atoms with van der Waals surface area (Å²) in [6, 6.07) is 1.69. The zero-order valence-corrected chi connectivity index (χ0v) is 10.7. The summed E-state index contributed by atoms with van der Waals surface area (Å²) in [5.41, 5.74) is 0. The first-order chi connectivity index (χ1) is 8.42. The van der Waals surface area contributed by atoms with Gasteiger partial charge in [-0.1, -0.05) is 0 Å². The Bertz CT molecular complexity index is 239. The van der Waals surface area contributed by atoms with Crippen molar-refractivity contribution in [2.45, 2.75) is 31.3 Å². The van der Waals surface area contributed by atoms with Crippen molar-refractivity contribution in [3.63, 3.8) is 0 Å². The molecule has 0 aromatic heterocycles. The van der Waals surface area contributed by atoms with Gasteiger partial charge in [0.2, 0.25) is 0 Å². The van der Waals surface area contributed by atoms with Crippen molar-refractivity contribution in [3.8, 4) is 0 Å². The van der Waals surface area contributed by atoms with Crippen LogP contribution in [0, 0.1) is 0 Å². The molecule has 0 amide bonds. The maximum Gasteiger partial charge on any atom is 0.0594 e. The van der Waals surface area contributed by atoms with Gasteiger partial charge >= 0.3 is 0 Å². The van der Waals surface area contributed by atoms with Gasteiger partial charge in [0.25, 0.3) is 0 Å². The van der Waals surface area contributed by atoms with E-state index in [2.05, 4.69) is 15.1 Å². The molecule has 1 unspecified atom stereocenters. The molecule has 4 nitrogen and oxygen atoms in total. The molecule has 0 radical (unpaired) electrons. The van der Waals surface area contributed by atoms with E-state index in [1.54, 1.807) is 0 Å². The molecule has 1 saturated carbocycles. The van der Waals surface area contributed by atoms with Gasteiger partial charge in [0.1, 0.15) is 0 Å². The highest BCUT2D eigenvalue weighted by Crippen LogP contribution is 2.29. The van der Waals surface area contributed by atoms with Crippen molar-refractivity contribution in [2.24, 2.45) is 0 Å². The summed E-state index contributed by atoms with van der Waals surface area (Å²) in [4.78, 5) is 5.18. The fraction of sp³-hybridized carbons (Fsp3) is 1.00. The smallest absolute Gasteiger partial charge is 0.0594 e. The molecule has 4 heteroatoms. The number of hydrogen-bond acceptors (Lipinski definition) is 4. The second-order valence-electron chi connectivity index (χ2n) is 5.62. The van der Waals surface area contributed by atoms with E-state index in [0.29, 0.717) is 0 Å². The molecule has 3 aliphatic rings. The van der Waals surface area contributed by atoms with Gasteiger partial charge in [0.05, 0.1) is 13.2 Å². The van der Waals surface area contributed by atoms with Crippen molar-refractivity contribution < 1.29 is 4.74 Å². The lowest BCUT2D eigenvalue weighted by molar-refractivity contribution is 0.0381. The molecular formula is C13H25N3O. The average Bonchev–Trinajstić information content (AvgIpc) is 3.11. The van der Waals surface area contributed by atoms with E-state index in [1.807, 2.05) is 0 Å². The second-order valence-corrected chi connectivity index (χ2v) is 5.62. The first-order valence-corrected chi connectivity index (χ1v) is 7.19. The molecule has 1 N–H and O–H groups in total. The van der Waals surface area contributed by atoms with E-state index in [9.17, 15) is 0 Å². The van der Waals surface area contributed by atoms with Crippen LogP contribution in [0.15, 0.2) is 0 Å². The molecule has 0 bridgehead atoms. The first-order valence-electron chi connectivity index (χ1n) is 7.19. The van der Waals surface area contributed by atoms with E-state index >= 15 is 0 Å². The highest BCUT2D eigenvalue weighted by molar-refractivity contribution is 4.91. The van der Waals surface area contributed by atoms with Crippen LogP contribution in [-0.4, -0.2) is 74.4 Å². The summed E-state index contributed by atoms with van der Waals surface area (Å²) in [5, 5.41) is 3.72. The van der Waals surface area contributed by atoms with Crippen LogP contribution in [0.4, 0.5) is 0 Å². The van der Waals surface area contributed by atoms with E-state index < -0.39 is 0 Å². The Morgan fingerprint density at radius 3 is 2.65 bits per heavy atom. The van der Waals surface area contributed by atoms with Gasteiger partial charge in [-0.15, -0.1) is 0 Å². The van der Waals surface area contributed by atoms with E-state index in [0.717, 1.165) is 44.9 Å². The zero-order valence-electron chi connectivity index (χ0n) is 10.7. The number of rotatable bonds is 5. The molecule has 17 heavy (non-hydrogen) atoms. The summed E-state index contributed by atoms with van der Waals surface area (Å²) in [6.45, 7) is 8.99. The quantitative estimate of drug-likeness (QED) is 0.739. The van der Waals surface area contributed by atoms with Gasteiger partial charge in [0, 0.05) is 51.4 Å². The largest absolute Gasteiger partial charge is 0.379 e. The van der Waals surface area contributed by atoms with E-state index in [4.69, 9.17) is 4.74 Å². The lowest BCUT2D eigenvalue weighted by Crippen LogP contribution is -2.43. The maximum atomic E-state index is 5.36. The number of nitrogens with zero attached hydrogens (tertiary/aromatic N) is 2. The fourth-order valence-electron chi connectivity index (χ4n) is 2.98. The molecule has 2 heterocycles. The molecule has 1 aliphatic carbocycles.